The number of alkyl halides is 3. The molecule has 1 atom stereocenters. The van der Waals surface area contributed by atoms with Gasteiger partial charge in [-0.25, -0.2) is 4.79 Å². The predicted octanol–water partition coefficient (Wildman–Crippen LogP) is 1.94. The minimum Gasteiger partial charge on any atom is -0.353 e. The lowest BCUT2D eigenvalue weighted by Crippen LogP contribution is -2.49. The molecule has 0 aromatic heterocycles. The maximum absolute atomic E-state index is 12.0. The Morgan fingerprint density at radius 1 is 1.23 bits per heavy atom. The summed E-state index contributed by atoms with van der Waals surface area (Å²) < 4.78 is 35.9. The van der Waals surface area contributed by atoms with Gasteiger partial charge in [0.25, 0.3) is 0 Å². The second kappa shape index (κ2) is 7.43. The Morgan fingerprint density at radius 2 is 1.95 bits per heavy atom. The van der Waals surface area contributed by atoms with Gasteiger partial charge in [0.15, 0.2) is 0 Å². The Bertz CT molecular complexity index is 416. The molecular formula is C13H20F3N3O2S. The van der Waals surface area contributed by atoms with Gasteiger partial charge in [-0.15, -0.1) is 0 Å². The van der Waals surface area contributed by atoms with Gasteiger partial charge in [-0.3, -0.25) is 4.79 Å². The number of amides is 3. The number of carbonyl (C=O) groups is 2. The number of nitrogens with one attached hydrogen (secondary N) is 2. The zero-order chi connectivity index (χ0) is 16.2. The van der Waals surface area contributed by atoms with Crippen LogP contribution in [0.4, 0.5) is 18.0 Å². The van der Waals surface area contributed by atoms with Crippen LogP contribution >= 0.6 is 11.8 Å². The molecule has 0 aromatic rings. The molecule has 0 aromatic carbocycles. The first-order valence-corrected chi connectivity index (χ1v) is 8.37. The minimum atomic E-state index is -4.28. The van der Waals surface area contributed by atoms with Crippen LogP contribution in [0.2, 0.25) is 0 Å². The molecule has 2 rings (SSSR count). The van der Waals surface area contributed by atoms with E-state index in [0.29, 0.717) is 13.1 Å². The molecule has 126 valence electrons. The van der Waals surface area contributed by atoms with Crippen molar-refractivity contribution in [3.63, 3.8) is 0 Å². The summed E-state index contributed by atoms with van der Waals surface area (Å²) in [5.74, 6) is -0.452. The number of thioether (sulfide) groups is 1. The zero-order valence-corrected chi connectivity index (χ0v) is 12.9. The Morgan fingerprint density at radius 3 is 2.59 bits per heavy atom. The van der Waals surface area contributed by atoms with E-state index in [0.717, 1.165) is 25.7 Å². The molecular weight excluding hydrogens is 319 g/mol. The molecule has 0 unspecified atom stereocenters. The molecule has 2 aliphatic rings. The van der Waals surface area contributed by atoms with Crippen LogP contribution < -0.4 is 10.6 Å². The number of piperidine rings is 1. The monoisotopic (exact) mass is 339 g/mol. The van der Waals surface area contributed by atoms with E-state index >= 15 is 0 Å². The highest BCUT2D eigenvalue weighted by Crippen LogP contribution is 2.29. The van der Waals surface area contributed by atoms with E-state index in [-0.39, 0.29) is 41.9 Å². The number of hydrogen-bond donors (Lipinski definition) is 2. The van der Waals surface area contributed by atoms with Crippen molar-refractivity contribution in [1.29, 1.82) is 0 Å². The van der Waals surface area contributed by atoms with E-state index in [9.17, 15) is 22.8 Å². The van der Waals surface area contributed by atoms with Gasteiger partial charge in [-0.2, -0.15) is 13.2 Å². The lowest BCUT2D eigenvalue weighted by Gasteiger charge is -2.32. The van der Waals surface area contributed by atoms with Gasteiger partial charge in [-0.1, -0.05) is 0 Å². The van der Waals surface area contributed by atoms with Crippen LogP contribution in [-0.4, -0.2) is 53.8 Å². The standard InChI is InChI=1S/C13H20F3N3O2S/c14-13(15,16)22-7-5-17-12(21)19-6-1-2-9(8-19)11(20)18-10-3-4-10/h9-10H,1-8H2,(H,17,21)(H,18,20)/t9-/m1/s1. The van der Waals surface area contributed by atoms with Crippen molar-refractivity contribution in [1.82, 2.24) is 15.5 Å². The first kappa shape index (κ1) is 17.2. The summed E-state index contributed by atoms with van der Waals surface area (Å²) in [6.07, 6.45) is 3.50. The fourth-order valence-corrected chi connectivity index (χ4v) is 2.79. The molecule has 22 heavy (non-hydrogen) atoms. The summed E-state index contributed by atoms with van der Waals surface area (Å²) in [7, 11) is 0. The highest BCUT2D eigenvalue weighted by molar-refractivity contribution is 8.00. The van der Waals surface area contributed by atoms with Gasteiger partial charge in [0.05, 0.1) is 5.92 Å². The second-order valence-corrected chi connectivity index (χ2v) is 6.75. The topological polar surface area (TPSA) is 61.4 Å². The Hall–Kier alpha value is -1.12. The molecule has 9 heteroatoms. The molecule has 2 fully saturated rings. The van der Waals surface area contributed by atoms with E-state index < -0.39 is 11.5 Å². The third-order valence-electron chi connectivity index (χ3n) is 3.65. The van der Waals surface area contributed by atoms with Crippen molar-refractivity contribution in [2.45, 2.75) is 37.2 Å². The summed E-state index contributed by atoms with van der Waals surface area (Å²) in [6.45, 7) is 0.820. The Balaban J connectivity index is 1.69. The number of hydrogen-bond acceptors (Lipinski definition) is 3. The van der Waals surface area contributed by atoms with Gasteiger partial charge in [-0.05, 0) is 37.4 Å². The van der Waals surface area contributed by atoms with Crippen molar-refractivity contribution >= 4 is 23.7 Å². The molecule has 1 aliphatic carbocycles. The summed E-state index contributed by atoms with van der Waals surface area (Å²) in [5.41, 5.74) is -4.28. The quantitative estimate of drug-likeness (QED) is 0.753. The van der Waals surface area contributed by atoms with Crippen LogP contribution in [0.15, 0.2) is 0 Å². The fraction of sp³-hybridized carbons (Fsp3) is 0.846. The largest absolute Gasteiger partial charge is 0.441 e. The Kier molecular flexibility index (Phi) is 5.82. The molecule has 5 nitrogen and oxygen atoms in total. The van der Waals surface area contributed by atoms with Crippen LogP contribution in [0.3, 0.4) is 0 Å². The van der Waals surface area contributed by atoms with Crippen LogP contribution in [0, 0.1) is 5.92 Å². The first-order valence-electron chi connectivity index (χ1n) is 7.39. The smallest absolute Gasteiger partial charge is 0.353 e. The molecule has 0 bridgehead atoms. The molecule has 0 spiro atoms. The van der Waals surface area contributed by atoms with Gasteiger partial charge < -0.3 is 15.5 Å². The van der Waals surface area contributed by atoms with E-state index in [4.69, 9.17) is 0 Å². The van der Waals surface area contributed by atoms with Gasteiger partial charge in [0.1, 0.15) is 0 Å². The van der Waals surface area contributed by atoms with Crippen LogP contribution in [0.5, 0.6) is 0 Å². The minimum absolute atomic E-state index is 0.0207. The number of halogens is 3. The van der Waals surface area contributed by atoms with E-state index in [1.807, 2.05) is 0 Å². The summed E-state index contributed by atoms with van der Waals surface area (Å²) in [6, 6.07) is -0.109. The number of nitrogens with zero attached hydrogens (tertiary/aromatic N) is 1. The average molecular weight is 339 g/mol. The maximum Gasteiger partial charge on any atom is 0.441 e. The average Bonchev–Trinajstić information content (AvgIpc) is 3.26. The van der Waals surface area contributed by atoms with Crippen molar-refractivity contribution in [2.75, 3.05) is 25.4 Å². The molecule has 2 N–H and O–H groups in total. The third-order valence-corrected chi connectivity index (χ3v) is 4.38. The molecule has 1 saturated heterocycles. The summed E-state index contributed by atoms with van der Waals surface area (Å²) >= 11 is -0.156. The normalized spacial score (nSPS) is 22.3. The molecule has 0 radical (unpaired) electrons. The lowest BCUT2D eigenvalue weighted by atomic mass is 9.97. The number of urea groups is 1. The SMILES string of the molecule is O=C(NC1CC1)[C@@H]1CCCN(C(=O)NCCSC(F)(F)F)C1. The van der Waals surface area contributed by atoms with Crippen molar-refractivity contribution in [2.24, 2.45) is 5.92 Å². The molecule has 1 heterocycles. The third kappa shape index (κ3) is 5.94. The molecule has 1 aliphatic heterocycles. The summed E-state index contributed by atoms with van der Waals surface area (Å²) in [5, 5.41) is 5.40. The van der Waals surface area contributed by atoms with Crippen LogP contribution in [0.1, 0.15) is 25.7 Å². The fourth-order valence-electron chi connectivity index (χ4n) is 2.36. The Labute approximate surface area is 131 Å². The zero-order valence-electron chi connectivity index (χ0n) is 12.1. The predicted molar refractivity (Wildman–Crippen MR) is 77.4 cm³/mol. The highest BCUT2D eigenvalue weighted by Gasteiger charge is 2.32. The maximum atomic E-state index is 12.0. The van der Waals surface area contributed by atoms with E-state index in [1.165, 1.54) is 4.90 Å². The number of carbonyl (C=O) groups excluding carboxylic acids is 2. The highest BCUT2D eigenvalue weighted by atomic mass is 32.2. The number of likely N-dealkylation sites (tertiary alicyclic amines) is 1. The van der Waals surface area contributed by atoms with E-state index in [2.05, 4.69) is 10.6 Å². The van der Waals surface area contributed by atoms with Crippen LogP contribution in [0.25, 0.3) is 0 Å². The van der Waals surface area contributed by atoms with Gasteiger partial charge >= 0.3 is 11.5 Å². The van der Waals surface area contributed by atoms with Crippen molar-refractivity contribution in [3.05, 3.63) is 0 Å². The van der Waals surface area contributed by atoms with Gasteiger partial charge in [0.2, 0.25) is 5.91 Å². The molecule has 3 amide bonds. The number of rotatable bonds is 5. The van der Waals surface area contributed by atoms with Crippen LogP contribution in [-0.2, 0) is 4.79 Å². The second-order valence-electron chi connectivity index (χ2n) is 5.59. The lowest BCUT2D eigenvalue weighted by molar-refractivity contribution is -0.126. The van der Waals surface area contributed by atoms with Crippen molar-refractivity contribution < 1.29 is 22.8 Å². The molecule has 1 saturated carbocycles. The first-order chi connectivity index (χ1) is 10.3. The summed E-state index contributed by atoms with van der Waals surface area (Å²) in [4.78, 5) is 25.4. The van der Waals surface area contributed by atoms with Crippen molar-refractivity contribution in [3.8, 4) is 0 Å². The van der Waals surface area contributed by atoms with Gasteiger partial charge in [0, 0.05) is 31.4 Å². The van der Waals surface area contributed by atoms with E-state index in [1.54, 1.807) is 0 Å².